The number of halogens is 18. The Balaban J connectivity index is 0.000000246. The number of unbranched alkanes of at least 4 members (excludes halogenated alkanes) is 1. The molecule has 0 fully saturated rings. The van der Waals surface area contributed by atoms with Crippen LogP contribution in [0.2, 0.25) is 39.3 Å². The van der Waals surface area contributed by atoms with Crippen molar-refractivity contribution in [2.45, 2.75) is 66.5 Å². The molecule has 0 saturated heterocycles. The van der Waals surface area contributed by atoms with Gasteiger partial charge in [0.05, 0.1) is 22.1 Å². The molecule has 89 heavy (non-hydrogen) atoms. The van der Waals surface area contributed by atoms with Crippen LogP contribution in [0.5, 0.6) is 0 Å². The molecule has 0 N–H and O–H groups in total. The Morgan fingerprint density at radius 3 is 0.865 bits per heavy atom. The maximum absolute atomic E-state index is 15.0. The Hall–Kier alpha value is -5.97. The van der Waals surface area contributed by atoms with Gasteiger partial charge in [0.15, 0.2) is 77.2 Å². The molecule has 0 spiro atoms. The van der Waals surface area contributed by atoms with Gasteiger partial charge in [-0.3, -0.25) is 0 Å². The van der Waals surface area contributed by atoms with Gasteiger partial charge in [0, 0.05) is 57.4 Å². The van der Waals surface area contributed by atoms with Gasteiger partial charge in [0.25, 0.3) is 0 Å². The largest absolute Gasteiger partial charge is 1.00 e. The summed E-state index contributed by atoms with van der Waals surface area (Å²) in [5.41, 5.74) is 5.47. The molecule has 0 radical (unpaired) electrons. The van der Waals surface area contributed by atoms with Gasteiger partial charge in [-0.25, -0.2) is 65.9 Å². The Kier molecular flexibility index (Phi) is 22.9. The van der Waals surface area contributed by atoms with Gasteiger partial charge in [-0.15, -0.1) is 0 Å². The molecule has 0 aliphatic rings. The second kappa shape index (κ2) is 28.3. The van der Waals surface area contributed by atoms with Crippen molar-refractivity contribution in [3.63, 3.8) is 0 Å². The Bertz CT molecular complexity index is 4180. The normalized spacial score (nSPS) is 11.6. The molecule has 11 rings (SSSR count). The van der Waals surface area contributed by atoms with Gasteiger partial charge in [0.1, 0.15) is 16.1 Å². The van der Waals surface area contributed by atoms with Crippen molar-refractivity contribution in [1.82, 2.24) is 9.13 Å². The Morgan fingerprint density at radius 2 is 0.607 bits per heavy atom. The summed E-state index contributed by atoms with van der Waals surface area (Å²) in [5.74, 6) is -30.1. The first-order valence-electron chi connectivity index (χ1n) is 26.5. The number of rotatable bonds is 8. The van der Waals surface area contributed by atoms with E-state index in [0.29, 0.717) is 37.9 Å². The molecule has 2 aromatic heterocycles. The van der Waals surface area contributed by atoms with Crippen LogP contribution in [0.25, 0.3) is 55.0 Å². The van der Waals surface area contributed by atoms with Crippen molar-refractivity contribution in [1.29, 1.82) is 0 Å². The smallest absolute Gasteiger partial charge is 0.343 e. The number of aromatic nitrogens is 2. The van der Waals surface area contributed by atoms with Crippen LogP contribution in [0.4, 0.5) is 65.9 Å². The third kappa shape index (κ3) is 13.5. The summed E-state index contributed by atoms with van der Waals surface area (Å²) in [6.07, 6.45) is 2.28. The van der Waals surface area contributed by atoms with Crippen molar-refractivity contribution in [2.75, 3.05) is 0 Å². The minimum Gasteiger partial charge on any atom is -0.343 e. The minimum absolute atomic E-state index is 0. The first kappa shape index (κ1) is 72.1. The van der Waals surface area contributed by atoms with Crippen LogP contribution in [0.1, 0.15) is 27.2 Å². The fraction of sp³-hybridized carbons (Fsp3) is 0.154. The summed E-state index contributed by atoms with van der Waals surface area (Å²) in [4.78, 5) is 0. The number of para-hydroxylation sites is 2. The zero-order chi connectivity index (χ0) is 64.1. The van der Waals surface area contributed by atoms with E-state index in [4.69, 9.17) is 11.1 Å². The molecule has 24 heteroatoms. The predicted molar refractivity (Wildman–Crippen MR) is 339 cm³/mol. The van der Waals surface area contributed by atoms with E-state index < -0.39 is 126 Å². The maximum Gasteiger partial charge on any atom is 1.00 e. The number of hydrogen-bond acceptors (Lipinski definition) is 0. The zero-order valence-electron chi connectivity index (χ0n) is 48.0. The first-order chi connectivity index (χ1) is 40.8. The van der Waals surface area contributed by atoms with Crippen molar-refractivity contribution >= 4 is 136 Å². The number of nitrogens with zero attached hydrogens (tertiary/aromatic N) is 2. The van der Waals surface area contributed by atoms with Crippen LogP contribution in [0.3, 0.4) is 0 Å². The monoisotopic (exact) mass is 1430 g/mol. The second-order valence-corrected chi connectivity index (χ2v) is 38.3. The SMILES string of the molecule is Brc1ccc2c(c1)c1cc(Br)ccc1n2-c1ccccc1.C.C[Si](C)(Cl)c1c(F)c(F)c(F)c(F)c1F.C[Si](C)(c1ccc2c(c1)c1cc([Si](C)(C)c3c(F)c(F)c(F)c(F)c3F)ccc1n2-c1ccccc1)c1c(F)c(F)c(F)c(F)c1F.[CH2-]CCC.[Li+]. The second-order valence-electron chi connectivity index (χ2n) is 21.5. The third-order valence-corrected chi connectivity index (χ3v) is 24.8. The number of hydrogen-bond donors (Lipinski definition) is 0. The van der Waals surface area contributed by atoms with Gasteiger partial charge in [-0.1, -0.05) is 163 Å². The summed E-state index contributed by atoms with van der Waals surface area (Å²) in [6, 6.07) is 41.9. The molecular formula is C65H53Br2ClF15LiN2Si3. The van der Waals surface area contributed by atoms with Gasteiger partial charge < -0.3 is 16.1 Å². The topological polar surface area (TPSA) is 9.86 Å². The summed E-state index contributed by atoms with van der Waals surface area (Å²) < 4.78 is 216. The van der Waals surface area contributed by atoms with Crippen LogP contribution in [0, 0.1) is 94.2 Å². The van der Waals surface area contributed by atoms with Crippen LogP contribution >= 0.6 is 42.9 Å². The molecule has 0 amide bonds. The molecule has 0 unspecified atom stereocenters. The average Bonchev–Trinajstić information content (AvgIpc) is 1.90. The molecule has 0 bridgehead atoms. The number of benzene rings is 9. The molecule has 0 saturated carbocycles. The fourth-order valence-electron chi connectivity index (χ4n) is 10.2. The third-order valence-electron chi connectivity index (χ3n) is 14.8. The molecule has 2 nitrogen and oxygen atoms in total. The van der Waals surface area contributed by atoms with Crippen molar-refractivity contribution in [3.8, 4) is 11.4 Å². The van der Waals surface area contributed by atoms with E-state index in [-0.39, 0.29) is 26.3 Å². The number of fused-ring (bicyclic) bond motifs is 6. The van der Waals surface area contributed by atoms with Gasteiger partial charge in [-0.2, -0.15) is 17.5 Å². The minimum atomic E-state index is -3.66. The van der Waals surface area contributed by atoms with E-state index in [1.54, 1.807) is 54.6 Å². The molecule has 2 heterocycles. The molecule has 0 aliphatic heterocycles. The van der Waals surface area contributed by atoms with Gasteiger partial charge in [0.2, 0.25) is 17.5 Å². The van der Waals surface area contributed by atoms with E-state index in [1.165, 1.54) is 73.2 Å². The van der Waals surface area contributed by atoms with E-state index in [1.807, 2.05) is 22.8 Å². The van der Waals surface area contributed by atoms with E-state index in [9.17, 15) is 48.3 Å². The van der Waals surface area contributed by atoms with Crippen molar-refractivity contribution in [3.05, 3.63) is 237 Å². The summed E-state index contributed by atoms with van der Waals surface area (Å²) >= 11 is 12.8. The van der Waals surface area contributed by atoms with Crippen LogP contribution in [-0.2, 0) is 0 Å². The summed E-state index contributed by atoms with van der Waals surface area (Å²) in [6.45, 7) is 14.0. The van der Waals surface area contributed by atoms with Crippen LogP contribution < -0.4 is 44.8 Å². The van der Waals surface area contributed by atoms with E-state index >= 15 is 17.6 Å². The van der Waals surface area contributed by atoms with Gasteiger partial charge >= 0.3 is 18.9 Å². The van der Waals surface area contributed by atoms with Gasteiger partial charge in [-0.05, 0) is 72.8 Å². The molecule has 11 aromatic rings. The quantitative estimate of drug-likeness (QED) is 0.0358. The average molecular weight is 1430 g/mol. The van der Waals surface area contributed by atoms with Crippen LogP contribution in [-0.4, -0.2) is 32.7 Å². The molecule has 0 atom stereocenters. The zero-order valence-corrected chi connectivity index (χ0v) is 54.9. The summed E-state index contributed by atoms with van der Waals surface area (Å²) in [7, 11) is -10.4. The summed E-state index contributed by atoms with van der Waals surface area (Å²) in [5, 5.41) is 1.37. The van der Waals surface area contributed by atoms with Crippen molar-refractivity contribution < 1.29 is 84.7 Å². The Labute approximate surface area is 540 Å². The standard InChI is InChI=1S/C34H23F10NSi2.C18H11Br2N.C8H6ClF5Si.C4H9.CH4.Li/c1-46(2,33-29(41)25(37)23(35)26(38)30(33)42)17-10-12-21-19(14-17)20-15-18(11-13-22(20)45(21)16-8-6-5-7-9-16)47(3,4)34-31(43)27(39)24(36)28(40)32(34)44;19-12-6-8-17-15(10-12)16-11-13(20)7-9-18(16)21(17)14-4-2-1-3-5-14;1-15(2,9)8-6(13)4(11)3(10)5(12)7(8)14;1-3-4-2;;/h5-15H,1-4H3;1-11H;1-2H3;1,3-4H2,2H3;1H4;/q;;;-1;;+1. The molecule has 462 valence electrons. The molecule has 9 aromatic carbocycles. The Morgan fingerprint density at radius 1 is 0.371 bits per heavy atom. The van der Waals surface area contributed by atoms with E-state index in [2.05, 4.69) is 111 Å². The first-order valence-corrected chi connectivity index (χ1v) is 38.1. The van der Waals surface area contributed by atoms with E-state index in [0.717, 1.165) is 15.4 Å². The fourth-order valence-corrected chi connectivity index (χ4v) is 17.9. The van der Waals surface area contributed by atoms with Crippen LogP contribution in [0.15, 0.2) is 142 Å². The molecular weight excluding hydrogens is 1380 g/mol. The van der Waals surface area contributed by atoms with Crippen molar-refractivity contribution in [2.24, 2.45) is 0 Å². The maximum atomic E-state index is 15.0. The predicted octanol–water partition coefficient (Wildman–Crippen LogP) is 16.4. The molecule has 0 aliphatic carbocycles.